The van der Waals surface area contributed by atoms with Gasteiger partial charge in [0, 0.05) is 19.2 Å². The van der Waals surface area contributed by atoms with Gasteiger partial charge in [0.05, 0.1) is 13.7 Å². The number of allylic oxidation sites excluding steroid dienone is 1. The van der Waals surface area contributed by atoms with Crippen LogP contribution in [0.4, 0.5) is 0 Å². The molecule has 1 atom stereocenters. The molecule has 27 heavy (non-hydrogen) atoms. The van der Waals surface area contributed by atoms with E-state index in [1.807, 2.05) is 0 Å². The molecule has 9 heteroatoms. The molecule has 9 nitrogen and oxygen atoms in total. The van der Waals surface area contributed by atoms with E-state index < -0.39 is 28.8 Å². The van der Waals surface area contributed by atoms with Crippen LogP contribution in [0.1, 0.15) is 39.5 Å². The molecule has 0 aromatic heterocycles. The molecule has 1 N–H and O–H groups in total. The molecule has 1 amide bonds. The summed E-state index contributed by atoms with van der Waals surface area (Å²) >= 11 is 0. The Hall–Kier alpha value is -2.89. The third-order valence-corrected chi connectivity index (χ3v) is 4.43. The number of rotatable bonds is 8. The zero-order chi connectivity index (χ0) is 20.4. The number of unbranched alkanes of at least 4 members (excludes halogenated alkanes) is 1. The van der Waals surface area contributed by atoms with Gasteiger partial charge in [-0.25, -0.2) is 9.59 Å². The van der Waals surface area contributed by atoms with Crippen molar-refractivity contribution >= 4 is 17.8 Å². The van der Waals surface area contributed by atoms with E-state index in [4.69, 9.17) is 10.1 Å². The number of likely N-dealkylation sites (tertiary alicyclic amines) is 1. The lowest BCUT2D eigenvalue weighted by Gasteiger charge is -2.38. The van der Waals surface area contributed by atoms with Gasteiger partial charge in [-0.05, 0) is 39.5 Å². The van der Waals surface area contributed by atoms with Gasteiger partial charge in [-0.15, -0.1) is 0 Å². The molecule has 1 saturated heterocycles. The molecule has 0 radical (unpaired) electrons. The van der Waals surface area contributed by atoms with Crippen LogP contribution in [-0.4, -0.2) is 54.7 Å². The van der Waals surface area contributed by atoms with Gasteiger partial charge in [-0.2, -0.15) is 0 Å². The lowest BCUT2D eigenvalue weighted by atomic mass is 9.78. The van der Waals surface area contributed by atoms with E-state index in [1.54, 1.807) is 17.9 Å². The van der Waals surface area contributed by atoms with Crippen LogP contribution in [0, 0.1) is 10.8 Å². The van der Waals surface area contributed by atoms with Gasteiger partial charge >= 0.3 is 17.6 Å². The van der Waals surface area contributed by atoms with Crippen LogP contribution in [-0.2, 0) is 23.9 Å². The number of nitrogens with zero attached hydrogens (tertiary/aromatic N) is 3. The molecule has 1 rings (SSSR count). The first-order valence-corrected chi connectivity index (χ1v) is 8.81. The van der Waals surface area contributed by atoms with Gasteiger partial charge in [0.2, 0.25) is 17.1 Å². The molecular weight excluding hydrogens is 354 g/mol. The summed E-state index contributed by atoms with van der Waals surface area (Å²) in [5.74, 6) is -2.38. The van der Waals surface area contributed by atoms with Crippen LogP contribution in [0.15, 0.2) is 23.6 Å². The highest BCUT2D eigenvalue weighted by molar-refractivity contribution is 5.94. The third-order valence-electron chi connectivity index (χ3n) is 4.43. The molecule has 1 aliphatic rings. The number of aliphatic hydroxyl groups excluding tert-OH is 1. The van der Waals surface area contributed by atoms with Crippen molar-refractivity contribution in [3.8, 4) is 0 Å². The number of ether oxygens (including phenoxy) is 2. The lowest BCUT2D eigenvalue weighted by molar-refractivity contribution is -0.145. The number of amides is 1. The van der Waals surface area contributed by atoms with Crippen LogP contribution in [0.2, 0.25) is 0 Å². The first kappa shape index (κ1) is 22.2. The Labute approximate surface area is 158 Å². The van der Waals surface area contributed by atoms with E-state index in [-0.39, 0.29) is 12.5 Å². The van der Waals surface area contributed by atoms with Crippen molar-refractivity contribution < 1.29 is 29.0 Å². The summed E-state index contributed by atoms with van der Waals surface area (Å²) in [5.41, 5.74) is -2.02. The molecule has 1 fully saturated rings. The van der Waals surface area contributed by atoms with Crippen LogP contribution >= 0.6 is 0 Å². The van der Waals surface area contributed by atoms with Crippen molar-refractivity contribution in [2.24, 2.45) is 5.41 Å². The molecule has 0 aromatic rings. The SMILES string of the molecule is CCOC(=O)/C([N+]#N)=C(\O)C1(C)CCCN(CCC/C=C/C(=O)OC)C1=O. The van der Waals surface area contributed by atoms with E-state index in [2.05, 4.69) is 9.71 Å². The molecule has 0 spiro atoms. The predicted octanol–water partition coefficient (Wildman–Crippen LogP) is 2.31. The normalized spacial score (nSPS) is 20.8. The fourth-order valence-corrected chi connectivity index (χ4v) is 2.91. The van der Waals surface area contributed by atoms with Crippen molar-refractivity contribution in [2.75, 3.05) is 26.8 Å². The van der Waals surface area contributed by atoms with Crippen LogP contribution in [0.25, 0.3) is 4.98 Å². The maximum Gasteiger partial charge on any atom is 0.506 e. The molecule has 148 valence electrons. The number of carbonyl (C=O) groups is 3. The van der Waals surface area contributed by atoms with Gasteiger partial charge in [0.15, 0.2) is 4.98 Å². The molecule has 0 bridgehead atoms. The van der Waals surface area contributed by atoms with E-state index in [0.29, 0.717) is 38.8 Å². The lowest BCUT2D eigenvalue weighted by Crippen LogP contribution is -2.49. The molecule has 1 aliphatic heterocycles. The Kier molecular flexibility index (Phi) is 8.45. The predicted molar refractivity (Wildman–Crippen MR) is 95.7 cm³/mol. The highest BCUT2D eigenvalue weighted by atomic mass is 16.5. The largest absolute Gasteiger partial charge is 0.506 e. The van der Waals surface area contributed by atoms with Gasteiger partial charge < -0.3 is 19.5 Å². The Morgan fingerprint density at radius 3 is 2.74 bits per heavy atom. The van der Waals surface area contributed by atoms with Crippen molar-refractivity contribution in [2.45, 2.75) is 39.5 Å². The second-order valence-corrected chi connectivity index (χ2v) is 6.31. The molecule has 1 heterocycles. The number of hydrogen-bond donors (Lipinski definition) is 1. The second kappa shape index (κ2) is 10.3. The van der Waals surface area contributed by atoms with E-state index in [0.717, 1.165) is 0 Å². The van der Waals surface area contributed by atoms with E-state index in [9.17, 15) is 19.5 Å². The minimum absolute atomic E-state index is 0.0427. The summed E-state index contributed by atoms with van der Waals surface area (Å²) in [6, 6.07) is 0. The molecular formula is C18H26N3O6+. The summed E-state index contributed by atoms with van der Waals surface area (Å²) in [4.78, 5) is 40.1. The van der Waals surface area contributed by atoms with Crippen molar-refractivity contribution in [3.63, 3.8) is 0 Å². The van der Waals surface area contributed by atoms with Crippen molar-refractivity contribution in [1.29, 1.82) is 5.39 Å². The monoisotopic (exact) mass is 380 g/mol. The van der Waals surface area contributed by atoms with E-state index >= 15 is 0 Å². The summed E-state index contributed by atoms with van der Waals surface area (Å²) in [6.45, 7) is 4.08. The van der Waals surface area contributed by atoms with Crippen molar-refractivity contribution in [3.05, 3.63) is 28.6 Å². The van der Waals surface area contributed by atoms with Crippen LogP contribution < -0.4 is 0 Å². The number of hydrogen-bond acceptors (Lipinski definition) is 7. The average Bonchev–Trinajstić information content (AvgIpc) is 2.65. The van der Waals surface area contributed by atoms with Crippen LogP contribution in [0.3, 0.4) is 0 Å². The van der Waals surface area contributed by atoms with Gasteiger partial charge in [-0.3, -0.25) is 4.79 Å². The highest BCUT2D eigenvalue weighted by Gasteiger charge is 2.49. The minimum Gasteiger partial charge on any atom is -0.504 e. The Morgan fingerprint density at radius 2 is 2.15 bits per heavy atom. The quantitative estimate of drug-likeness (QED) is 0.225. The standard InChI is InChI=1S/C18H25N3O6/c1-4-27-16(24)14(20-19)15(23)18(2)10-8-12-21(17(18)25)11-7-5-6-9-13(22)26-3/h6,9H,4-5,7-8,10-12H2,1-3H3/p+1/b9-6+. The highest BCUT2D eigenvalue weighted by Crippen LogP contribution is 2.38. The Bertz CT molecular complexity index is 679. The average molecular weight is 380 g/mol. The summed E-state index contributed by atoms with van der Waals surface area (Å²) in [6.07, 6.45) is 5.12. The molecule has 1 unspecified atom stereocenters. The number of carbonyl (C=O) groups excluding carboxylic acids is 3. The maximum absolute atomic E-state index is 12.9. The fourth-order valence-electron chi connectivity index (χ4n) is 2.91. The summed E-state index contributed by atoms with van der Waals surface area (Å²) < 4.78 is 9.25. The smallest absolute Gasteiger partial charge is 0.504 e. The van der Waals surface area contributed by atoms with Crippen molar-refractivity contribution in [1.82, 2.24) is 4.90 Å². The maximum atomic E-state index is 12.9. The summed E-state index contributed by atoms with van der Waals surface area (Å²) in [5, 5.41) is 19.6. The number of esters is 2. The number of aliphatic hydroxyl groups is 1. The zero-order valence-electron chi connectivity index (χ0n) is 15.9. The summed E-state index contributed by atoms with van der Waals surface area (Å²) in [7, 11) is 1.29. The zero-order valence-corrected chi connectivity index (χ0v) is 15.9. The number of diazo groups is 1. The first-order chi connectivity index (χ1) is 12.8. The number of methoxy groups -OCH3 is 1. The third kappa shape index (κ3) is 5.54. The molecule has 0 aliphatic carbocycles. The topological polar surface area (TPSA) is 121 Å². The van der Waals surface area contributed by atoms with Gasteiger partial charge in [-0.1, -0.05) is 6.08 Å². The van der Waals surface area contributed by atoms with Gasteiger partial charge in [0.1, 0.15) is 5.41 Å². The van der Waals surface area contributed by atoms with E-state index in [1.165, 1.54) is 20.1 Å². The number of piperidine rings is 1. The Morgan fingerprint density at radius 1 is 1.44 bits per heavy atom. The second-order valence-electron chi connectivity index (χ2n) is 6.31. The Balaban J connectivity index is 2.86. The fraction of sp³-hybridized carbons (Fsp3) is 0.611. The van der Waals surface area contributed by atoms with Crippen LogP contribution in [0.5, 0.6) is 0 Å². The minimum atomic E-state index is -1.37. The molecule has 0 aromatic carbocycles. The van der Waals surface area contributed by atoms with Gasteiger partial charge in [0.25, 0.3) is 0 Å². The first-order valence-electron chi connectivity index (χ1n) is 8.81. The molecule has 0 saturated carbocycles.